The zero-order valence-corrected chi connectivity index (χ0v) is 11.8. The molecule has 1 atom stereocenters. The van der Waals surface area contributed by atoms with Crippen LogP contribution in [0.3, 0.4) is 0 Å². The quantitative estimate of drug-likeness (QED) is 0.798. The summed E-state index contributed by atoms with van der Waals surface area (Å²) < 4.78 is 4.88. The van der Waals surface area contributed by atoms with E-state index < -0.39 is 6.10 Å². The van der Waals surface area contributed by atoms with Crippen LogP contribution in [0.2, 0.25) is 0 Å². The van der Waals surface area contributed by atoms with Crippen LogP contribution in [0.1, 0.15) is 28.9 Å². The van der Waals surface area contributed by atoms with E-state index in [1.165, 1.54) is 6.20 Å². The lowest BCUT2D eigenvalue weighted by molar-refractivity contribution is 0.0526. The number of rotatable bonds is 6. The zero-order chi connectivity index (χ0) is 15.1. The van der Waals surface area contributed by atoms with Gasteiger partial charge in [-0.1, -0.05) is 30.3 Å². The molecule has 21 heavy (non-hydrogen) atoms. The summed E-state index contributed by atoms with van der Waals surface area (Å²) in [5, 5.41) is 13.1. The molecule has 1 heterocycles. The van der Waals surface area contributed by atoms with E-state index in [9.17, 15) is 9.90 Å². The minimum Gasteiger partial charge on any atom is -0.462 e. The Hall–Kier alpha value is -2.40. The highest BCUT2D eigenvalue weighted by molar-refractivity contribution is 5.89. The fourth-order valence-corrected chi connectivity index (χ4v) is 1.83. The van der Waals surface area contributed by atoms with Crippen LogP contribution in [0.25, 0.3) is 0 Å². The van der Waals surface area contributed by atoms with Crippen molar-refractivity contribution in [3.05, 3.63) is 59.8 Å². The van der Waals surface area contributed by atoms with E-state index in [0.717, 1.165) is 5.56 Å². The number of carbonyl (C=O) groups excluding carboxylic acids is 1. The molecule has 2 rings (SSSR count). The third-order valence-electron chi connectivity index (χ3n) is 2.94. The Labute approximate surface area is 123 Å². The van der Waals surface area contributed by atoms with Gasteiger partial charge in [-0.3, -0.25) is 0 Å². The predicted octanol–water partition coefficient (Wildman–Crippen LogP) is 2.40. The van der Waals surface area contributed by atoms with Crippen molar-refractivity contribution >= 4 is 11.8 Å². The van der Waals surface area contributed by atoms with Gasteiger partial charge in [-0.05, 0) is 24.6 Å². The van der Waals surface area contributed by atoms with Crippen molar-refractivity contribution in [1.82, 2.24) is 4.98 Å². The van der Waals surface area contributed by atoms with Crippen molar-refractivity contribution in [3.63, 3.8) is 0 Å². The molecule has 0 aliphatic heterocycles. The number of esters is 1. The standard InChI is InChI=1S/C16H18N2O3/c1-2-21-16(20)13-8-9-15(17-10-13)18-11-14(19)12-6-4-3-5-7-12/h3-10,14,19H,2,11H2,1H3,(H,17,18)/t14-/m1/s1. The molecule has 0 aliphatic rings. The Kier molecular flexibility index (Phi) is 5.29. The van der Waals surface area contributed by atoms with Crippen LogP contribution in [0, 0.1) is 0 Å². The van der Waals surface area contributed by atoms with Gasteiger partial charge in [-0.2, -0.15) is 0 Å². The lowest BCUT2D eigenvalue weighted by atomic mass is 10.1. The second-order valence-electron chi connectivity index (χ2n) is 4.46. The van der Waals surface area contributed by atoms with Crippen LogP contribution < -0.4 is 5.32 Å². The van der Waals surface area contributed by atoms with Gasteiger partial charge in [-0.25, -0.2) is 9.78 Å². The minimum absolute atomic E-state index is 0.335. The van der Waals surface area contributed by atoms with E-state index in [1.807, 2.05) is 30.3 Å². The number of hydrogen-bond donors (Lipinski definition) is 2. The summed E-state index contributed by atoms with van der Waals surface area (Å²) in [6.45, 7) is 2.43. The molecule has 2 N–H and O–H groups in total. The van der Waals surface area contributed by atoms with E-state index in [1.54, 1.807) is 19.1 Å². The van der Waals surface area contributed by atoms with E-state index in [4.69, 9.17) is 4.74 Å². The molecule has 110 valence electrons. The summed E-state index contributed by atoms with van der Waals surface area (Å²) in [7, 11) is 0. The molecule has 1 aromatic carbocycles. The van der Waals surface area contributed by atoms with Gasteiger partial charge in [0, 0.05) is 12.7 Å². The molecule has 5 heteroatoms. The first-order chi connectivity index (χ1) is 10.2. The molecule has 0 spiro atoms. The van der Waals surface area contributed by atoms with Gasteiger partial charge in [0.15, 0.2) is 0 Å². The van der Waals surface area contributed by atoms with Gasteiger partial charge in [-0.15, -0.1) is 0 Å². The molecule has 0 aliphatic carbocycles. The SMILES string of the molecule is CCOC(=O)c1ccc(NC[C@@H](O)c2ccccc2)nc1. The highest BCUT2D eigenvalue weighted by Crippen LogP contribution is 2.13. The fraction of sp³-hybridized carbons (Fsp3) is 0.250. The summed E-state index contributed by atoms with van der Waals surface area (Å²) in [6.07, 6.45) is 0.840. The van der Waals surface area contributed by atoms with Crippen molar-refractivity contribution in [2.45, 2.75) is 13.0 Å². The molecule has 5 nitrogen and oxygen atoms in total. The maximum absolute atomic E-state index is 11.5. The monoisotopic (exact) mass is 286 g/mol. The average Bonchev–Trinajstić information content (AvgIpc) is 2.54. The van der Waals surface area contributed by atoms with Gasteiger partial charge in [0.1, 0.15) is 5.82 Å². The summed E-state index contributed by atoms with van der Waals surface area (Å²) in [5.41, 5.74) is 1.25. The number of aliphatic hydroxyl groups excluding tert-OH is 1. The molecule has 2 aromatic rings. The number of carbonyl (C=O) groups is 1. The predicted molar refractivity (Wildman–Crippen MR) is 80.1 cm³/mol. The normalized spacial score (nSPS) is 11.7. The number of benzene rings is 1. The Balaban J connectivity index is 1.90. The van der Waals surface area contributed by atoms with Crippen LogP contribution in [0.4, 0.5) is 5.82 Å². The molecule has 0 saturated heterocycles. The third kappa shape index (κ3) is 4.29. The van der Waals surface area contributed by atoms with Crippen molar-refractivity contribution in [3.8, 4) is 0 Å². The van der Waals surface area contributed by atoms with Gasteiger partial charge in [0.25, 0.3) is 0 Å². The second kappa shape index (κ2) is 7.40. The summed E-state index contributed by atoms with van der Waals surface area (Å²) >= 11 is 0. The molecule has 0 radical (unpaired) electrons. The van der Waals surface area contributed by atoms with Crippen LogP contribution in [-0.4, -0.2) is 29.2 Å². The fourth-order valence-electron chi connectivity index (χ4n) is 1.83. The first-order valence-electron chi connectivity index (χ1n) is 6.80. The maximum Gasteiger partial charge on any atom is 0.339 e. The van der Waals surface area contributed by atoms with E-state index in [-0.39, 0.29) is 5.97 Å². The Bertz CT molecular complexity index is 570. The number of ether oxygens (including phenoxy) is 1. The van der Waals surface area contributed by atoms with Crippen LogP contribution in [0.5, 0.6) is 0 Å². The average molecular weight is 286 g/mol. The molecule has 1 aromatic heterocycles. The van der Waals surface area contributed by atoms with Crippen molar-refractivity contribution in [1.29, 1.82) is 0 Å². The lowest BCUT2D eigenvalue weighted by Gasteiger charge is -2.12. The first kappa shape index (κ1) is 15.0. The smallest absolute Gasteiger partial charge is 0.339 e. The minimum atomic E-state index is -0.613. The lowest BCUT2D eigenvalue weighted by Crippen LogP contribution is -2.13. The van der Waals surface area contributed by atoms with E-state index in [0.29, 0.717) is 24.5 Å². The van der Waals surface area contributed by atoms with Crippen molar-refractivity contribution in [2.24, 2.45) is 0 Å². The summed E-state index contributed by atoms with van der Waals surface area (Å²) in [5.74, 6) is 0.207. The summed E-state index contributed by atoms with van der Waals surface area (Å²) in [4.78, 5) is 15.6. The van der Waals surface area contributed by atoms with Crippen molar-refractivity contribution < 1.29 is 14.6 Å². The van der Waals surface area contributed by atoms with Gasteiger partial charge in [0.05, 0.1) is 18.3 Å². The Morgan fingerprint density at radius 1 is 1.29 bits per heavy atom. The summed E-state index contributed by atoms with van der Waals surface area (Å²) in [6, 6.07) is 12.7. The maximum atomic E-state index is 11.5. The van der Waals surface area contributed by atoms with Crippen LogP contribution >= 0.6 is 0 Å². The molecular formula is C16H18N2O3. The highest BCUT2D eigenvalue weighted by atomic mass is 16.5. The number of nitrogens with one attached hydrogen (secondary N) is 1. The Morgan fingerprint density at radius 2 is 2.05 bits per heavy atom. The first-order valence-corrected chi connectivity index (χ1v) is 6.80. The molecular weight excluding hydrogens is 268 g/mol. The number of nitrogens with zero attached hydrogens (tertiary/aromatic N) is 1. The molecule has 0 amide bonds. The zero-order valence-electron chi connectivity index (χ0n) is 11.8. The van der Waals surface area contributed by atoms with E-state index >= 15 is 0 Å². The number of aliphatic hydroxyl groups is 1. The van der Waals surface area contributed by atoms with Crippen molar-refractivity contribution in [2.75, 3.05) is 18.5 Å². The topological polar surface area (TPSA) is 71.5 Å². The van der Waals surface area contributed by atoms with Gasteiger partial charge in [0.2, 0.25) is 0 Å². The third-order valence-corrected chi connectivity index (χ3v) is 2.94. The molecule has 0 fully saturated rings. The number of anilines is 1. The Morgan fingerprint density at radius 3 is 2.67 bits per heavy atom. The van der Waals surface area contributed by atoms with Gasteiger partial charge >= 0.3 is 5.97 Å². The number of aromatic nitrogens is 1. The molecule has 0 bridgehead atoms. The molecule has 0 saturated carbocycles. The highest BCUT2D eigenvalue weighted by Gasteiger charge is 2.08. The second-order valence-corrected chi connectivity index (χ2v) is 4.46. The number of hydrogen-bond acceptors (Lipinski definition) is 5. The van der Waals surface area contributed by atoms with Gasteiger partial charge < -0.3 is 15.2 Å². The van der Waals surface area contributed by atoms with Crippen LogP contribution in [-0.2, 0) is 4.74 Å². The van der Waals surface area contributed by atoms with Crippen LogP contribution in [0.15, 0.2) is 48.7 Å². The van der Waals surface area contributed by atoms with E-state index in [2.05, 4.69) is 10.3 Å². The molecule has 0 unspecified atom stereocenters. The largest absolute Gasteiger partial charge is 0.462 e. The number of pyridine rings is 1.